The number of ether oxygens (including phenoxy) is 1. The van der Waals surface area contributed by atoms with E-state index in [1.54, 1.807) is 0 Å². The first-order chi connectivity index (χ1) is 12.3. The van der Waals surface area contributed by atoms with Crippen molar-refractivity contribution in [3.8, 4) is 0 Å². The van der Waals surface area contributed by atoms with E-state index in [1.165, 1.54) is 5.56 Å². The zero-order valence-electron chi connectivity index (χ0n) is 14.1. The van der Waals surface area contributed by atoms with Crippen LogP contribution in [0, 0.1) is 6.92 Å². The fraction of sp³-hybridized carbons (Fsp3) is 0.0870. The third-order valence-corrected chi connectivity index (χ3v) is 4.27. The minimum Gasteiger partial charge on any atom is -0.438 e. The van der Waals surface area contributed by atoms with E-state index in [0.29, 0.717) is 5.90 Å². The maximum absolute atomic E-state index is 6.15. The fourth-order valence-corrected chi connectivity index (χ4v) is 2.88. The quantitative estimate of drug-likeness (QED) is 0.618. The summed E-state index contributed by atoms with van der Waals surface area (Å²) in [6.07, 6.45) is 2.09. The van der Waals surface area contributed by atoms with Crippen molar-refractivity contribution in [3.63, 3.8) is 0 Å². The van der Waals surface area contributed by atoms with Gasteiger partial charge >= 0.3 is 0 Å². The monoisotopic (exact) mass is 325 g/mol. The minimum absolute atomic E-state index is 0.0558. The van der Waals surface area contributed by atoms with Gasteiger partial charge in [0.2, 0.25) is 5.90 Å². The zero-order valence-corrected chi connectivity index (χ0v) is 14.1. The normalized spacial score (nSPS) is 16.6. The third-order valence-electron chi connectivity index (χ3n) is 4.27. The van der Waals surface area contributed by atoms with E-state index in [9.17, 15) is 0 Å². The van der Waals surface area contributed by atoms with Gasteiger partial charge in [0.15, 0.2) is 0 Å². The van der Waals surface area contributed by atoms with Crippen molar-refractivity contribution < 1.29 is 4.74 Å². The van der Waals surface area contributed by atoms with E-state index in [2.05, 4.69) is 49.4 Å². The van der Waals surface area contributed by atoms with Crippen LogP contribution in [0.25, 0.3) is 5.76 Å². The molecule has 122 valence electrons. The van der Waals surface area contributed by atoms with Crippen LogP contribution in [0.15, 0.2) is 96.0 Å². The van der Waals surface area contributed by atoms with Gasteiger partial charge in [0.05, 0.1) is 0 Å². The number of nitrogens with zero attached hydrogens (tertiary/aromatic N) is 1. The van der Waals surface area contributed by atoms with Gasteiger partial charge in [-0.3, -0.25) is 0 Å². The first kappa shape index (κ1) is 15.4. The van der Waals surface area contributed by atoms with E-state index >= 15 is 0 Å². The largest absolute Gasteiger partial charge is 0.438 e. The van der Waals surface area contributed by atoms with E-state index in [-0.39, 0.29) is 6.04 Å². The Kier molecular flexibility index (Phi) is 4.17. The van der Waals surface area contributed by atoms with Crippen molar-refractivity contribution in [1.29, 1.82) is 0 Å². The molecule has 0 N–H and O–H groups in total. The Bertz CT molecular complexity index is 854. The highest BCUT2D eigenvalue weighted by Crippen LogP contribution is 2.31. The van der Waals surface area contributed by atoms with Gasteiger partial charge in [0.25, 0.3) is 0 Å². The maximum Gasteiger partial charge on any atom is 0.222 e. The van der Waals surface area contributed by atoms with Crippen LogP contribution in [0.1, 0.15) is 28.3 Å². The highest BCUT2D eigenvalue weighted by molar-refractivity contribution is 5.98. The number of rotatable bonds is 3. The number of hydrogen-bond donors (Lipinski definition) is 0. The molecule has 3 aromatic carbocycles. The molecular formula is C23H19NO. The molecule has 0 aliphatic carbocycles. The van der Waals surface area contributed by atoms with Gasteiger partial charge in [-0.15, -0.1) is 0 Å². The average molecular weight is 325 g/mol. The summed E-state index contributed by atoms with van der Waals surface area (Å²) in [4.78, 5) is 4.85. The Morgan fingerprint density at radius 3 is 1.96 bits per heavy atom. The molecule has 2 heteroatoms. The summed E-state index contributed by atoms with van der Waals surface area (Å²) < 4.78 is 6.15. The highest BCUT2D eigenvalue weighted by Gasteiger charge is 2.20. The molecule has 1 heterocycles. The Morgan fingerprint density at radius 2 is 1.32 bits per heavy atom. The third kappa shape index (κ3) is 3.38. The summed E-state index contributed by atoms with van der Waals surface area (Å²) in [5.41, 5.74) is 4.45. The number of aryl methyl sites for hydroxylation is 1. The average Bonchev–Trinajstić information content (AvgIpc) is 2.69. The smallest absolute Gasteiger partial charge is 0.222 e. The molecule has 0 saturated heterocycles. The lowest BCUT2D eigenvalue weighted by atomic mass is 10.0. The molecule has 0 amide bonds. The van der Waals surface area contributed by atoms with Crippen molar-refractivity contribution >= 4 is 11.7 Å². The number of hydrogen-bond acceptors (Lipinski definition) is 2. The molecular weight excluding hydrogens is 306 g/mol. The summed E-state index contributed by atoms with van der Waals surface area (Å²) >= 11 is 0. The Morgan fingerprint density at radius 1 is 0.720 bits per heavy atom. The molecule has 0 aromatic heterocycles. The molecule has 0 spiro atoms. The second kappa shape index (κ2) is 6.78. The second-order valence-electron chi connectivity index (χ2n) is 6.15. The molecule has 4 rings (SSSR count). The molecule has 0 bridgehead atoms. The summed E-state index contributed by atoms with van der Waals surface area (Å²) in [5, 5.41) is 0. The molecule has 3 aromatic rings. The predicted octanol–water partition coefficient (Wildman–Crippen LogP) is 5.55. The maximum atomic E-state index is 6.15. The molecule has 1 unspecified atom stereocenters. The van der Waals surface area contributed by atoms with Crippen LogP contribution in [0.4, 0.5) is 0 Å². The van der Waals surface area contributed by atoms with Crippen LogP contribution >= 0.6 is 0 Å². The van der Waals surface area contributed by atoms with Crippen molar-refractivity contribution in [2.75, 3.05) is 0 Å². The predicted molar refractivity (Wildman–Crippen MR) is 102 cm³/mol. The second-order valence-corrected chi connectivity index (χ2v) is 6.15. The fourth-order valence-electron chi connectivity index (χ4n) is 2.88. The highest BCUT2D eigenvalue weighted by atomic mass is 16.5. The minimum atomic E-state index is -0.0558. The van der Waals surface area contributed by atoms with Crippen LogP contribution in [0.3, 0.4) is 0 Å². The Labute approximate surface area is 148 Å². The van der Waals surface area contributed by atoms with Crippen LogP contribution < -0.4 is 0 Å². The van der Waals surface area contributed by atoms with Crippen molar-refractivity contribution in [1.82, 2.24) is 0 Å². The standard InChI is InChI=1S/C23H19NO/c1-17-12-14-18(15-13-17)21-16-22(19-8-4-2-5-9-19)25-23(24-21)20-10-6-3-7-11-20/h2-16,21H,1H3. The van der Waals surface area contributed by atoms with Crippen molar-refractivity contribution in [2.24, 2.45) is 4.99 Å². The molecule has 0 saturated carbocycles. The summed E-state index contributed by atoms with van der Waals surface area (Å²) in [5.74, 6) is 1.51. The van der Waals surface area contributed by atoms with E-state index in [4.69, 9.17) is 9.73 Å². The Hall–Kier alpha value is -3.13. The van der Waals surface area contributed by atoms with E-state index in [1.807, 2.05) is 48.5 Å². The summed E-state index contributed by atoms with van der Waals surface area (Å²) in [7, 11) is 0. The molecule has 1 aliphatic rings. The van der Waals surface area contributed by atoms with Gasteiger partial charge in [-0.25, -0.2) is 4.99 Å². The SMILES string of the molecule is Cc1ccc(C2C=C(c3ccccc3)OC(c3ccccc3)=N2)cc1. The molecule has 1 atom stereocenters. The lowest BCUT2D eigenvalue weighted by Crippen LogP contribution is -2.13. The van der Waals surface area contributed by atoms with E-state index < -0.39 is 0 Å². The summed E-state index contributed by atoms with van der Waals surface area (Å²) in [6.45, 7) is 2.09. The van der Waals surface area contributed by atoms with Gasteiger partial charge in [-0.05, 0) is 30.7 Å². The number of aliphatic imine (C=N–C) groups is 1. The van der Waals surface area contributed by atoms with Gasteiger partial charge in [0.1, 0.15) is 11.8 Å². The lowest BCUT2D eigenvalue weighted by molar-refractivity contribution is 0.486. The van der Waals surface area contributed by atoms with Crippen LogP contribution in [-0.4, -0.2) is 5.90 Å². The van der Waals surface area contributed by atoms with Crippen LogP contribution in [0.2, 0.25) is 0 Å². The molecule has 0 fully saturated rings. The van der Waals surface area contributed by atoms with Gasteiger partial charge in [0, 0.05) is 11.1 Å². The van der Waals surface area contributed by atoms with Gasteiger partial charge < -0.3 is 4.74 Å². The van der Waals surface area contributed by atoms with Crippen molar-refractivity contribution in [3.05, 3.63) is 113 Å². The van der Waals surface area contributed by atoms with Crippen LogP contribution in [0.5, 0.6) is 0 Å². The van der Waals surface area contributed by atoms with Crippen LogP contribution in [-0.2, 0) is 4.74 Å². The molecule has 1 aliphatic heterocycles. The number of benzene rings is 3. The molecule has 25 heavy (non-hydrogen) atoms. The molecule has 2 nitrogen and oxygen atoms in total. The zero-order chi connectivity index (χ0) is 17.1. The topological polar surface area (TPSA) is 21.6 Å². The Balaban J connectivity index is 1.78. The molecule has 0 radical (unpaired) electrons. The van der Waals surface area contributed by atoms with E-state index in [0.717, 1.165) is 22.4 Å². The van der Waals surface area contributed by atoms with Gasteiger partial charge in [-0.2, -0.15) is 0 Å². The van der Waals surface area contributed by atoms with Crippen molar-refractivity contribution in [2.45, 2.75) is 13.0 Å². The van der Waals surface area contributed by atoms with Gasteiger partial charge in [-0.1, -0.05) is 78.4 Å². The lowest BCUT2D eigenvalue weighted by Gasteiger charge is -2.22. The first-order valence-electron chi connectivity index (χ1n) is 8.44. The summed E-state index contributed by atoms with van der Waals surface area (Å²) in [6, 6.07) is 28.7. The first-order valence-corrected chi connectivity index (χ1v) is 8.44.